The number of anilines is 1. The van der Waals surface area contributed by atoms with Gasteiger partial charge in [-0.1, -0.05) is 31.0 Å². The zero-order chi connectivity index (χ0) is 25.8. The van der Waals surface area contributed by atoms with Crippen LogP contribution in [0.5, 0.6) is 0 Å². The molecular formula is C24H29F3N4O3S. The Bertz CT molecular complexity index is 1020. The number of rotatable bonds is 8. The predicted molar refractivity (Wildman–Crippen MR) is 130 cm³/mol. The van der Waals surface area contributed by atoms with Crippen LogP contribution >= 0.6 is 11.8 Å². The molecule has 7 nitrogen and oxygen atoms in total. The molecule has 0 saturated carbocycles. The van der Waals surface area contributed by atoms with Crippen molar-refractivity contribution in [2.24, 2.45) is 0 Å². The highest BCUT2D eigenvalue weighted by Crippen LogP contribution is 2.46. The molecule has 1 saturated heterocycles. The fraction of sp³-hybridized carbons (Fsp3) is 0.417. The molecule has 0 spiro atoms. The minimum absolute atomic E-state index is 0.0410. The van der Waals surface area contributed by atoms with Gasteiger partial charge in [0, 0.05) is 36.5 Å². The van der Waals surface area contributed by atoms with Gasteiger partial charge in [0.2, 0.25) is 0 Å². The summed E-state index contributed by atoms with van der Waals surface area (Å²) in [6.45, 7) is 8.83. The lowest BCUT2D eigenvalue weighted by Gasteiger charge is -2.40. The van der Waals surface area contributed by atoms with E-state index in [2.05, 4.69) is 23.8 Å². The molecule has 1 atom stereocenters. The van der Waals surface area contributed by atoms with E-state index in [0.717, 1.165) is 23.3 Å². The summed E-state index contributed by atoms with van der Waals surface area (Å²) in [7, 11) is 1.47. The van der Waals surface area contributed by atoms with E-state index in [1.165, 1.54) is 24.9 Å². The summed E-state index contributed by atoms with van der Waals surface area (Å²) >= 11 is 1.30. The second-order valence-corrected chi connectivity index (χ2v) is 9.57. The van der Waals surface area contributed by atoms with Gasteiger partial charge < -0.3 is 30.3 Å². The maximum absolute atomic E-state index is 13.4. The highest BCUT2D eigenvalue weighted by atomic mass is 32.2. The van der Waals surface area contributed by atoms with Crippen LogP contribution in [-0.4, -0.2) is 67.2 Å². The number of piperidine rings is 1. The van der Waals surface area contributed by atoms with Crippen molar-refractivity contribution in [3.05, 3.63) is 59.7 Å². The van der Waals surface area contributed by atoms with Crippen molar-refractivity contribution in [3.63, 3.8) is 0 Å². The van der Waals surface area contributed by atoms with Crippen LogP contribution in [0, 0.1) is 0 Å². The van der Waals surface area contributed by atoms with E-state index in [9.17, 15) is 27.9 Å². The van der Waals surface area contributed by atoms with Gasteiger partial charge in [-0.2, -0.15) is 13.2 Å². The topological polar surface area (TPSA) is 84.9 Å². The van der Waals surface area contributed by atoms with Crippen LogP contribution in [0.25, 0.3) is 0 Å². The number of alkyl halides is 3. The number of aliphatic hydroxyl groups is 1. The normalized spacial score (nSPS) is 18.9. The van der Waals surface area contributed by atoms with Crippen LogP contribution in [-0.2, 0) is 11.0 Å². The van der Waals surface area contributed by atoms with E-state index in [0.29, 0.717) is 42.2 Å². The van der Waals surface area contributed by atoms with Crippen molar-refractivity contribution in [2.45, 2.75) is 35.6 Å². The van der Waals surface area contributed by atoms with E-state index >= 15 is 0 Å². The molecule has 11 heteroatoms. The Morgan fingerprint density at radius 1 is 1.26 bits per heavy atom. The largest absolute Gasteiger partial charge is 0.416 e. The first-order valence-corrected chi connectivity index (χ1v) is 11.9. The summed E-state index contributed by atoms with van der Waals surface area (Å²) < 4.78 is 40.2. The number of amides is 2. The number of nitrogens with one attached hydrogen (secondary N) is 2. The van der Waals surface area contributed by atoms with Crippen molar-refractivity contribution < 1.29 is 27.9 Å². The van der Waals surface area contributed by atoms with Gasteiger partial charge in [-0.25, -0.2) is 4.79 Å². The maximum Gasteiger partial charge on any atom is 0.416 e. The summed E-state index contributed by atoms with van der Waals surface area (Å²) in [5.41, 5.74) is -0.815. The second kappa shape index (κ2) is 10.9. The molecule has 190 valence electrons. The molecule has 35 heavy (non-hydrogen) atoms. The fourth-order valence-corrected chi connectivity index (χ4v) is 5.27. The molecule has 0 aromatic heterocycles. The average Bonchev–Trinajstić information content (AvgIpc) is 2.84. The summed E-state index contributed by atoms with van der Waals surface area (Å²) in [5, 5.41) is 16.0. The number of hydrogen-bond donors (Lipinski definition) is 3. The zero-order valence-electron chi connectivity index (χ0n) is 19.4. The van der Waals surface area contributed by atoms with Crippen LogP contribution in [0.4, 0.5) is 23.7 Å². The van der Waals surface area contributed by atoms with E-state index in [4.69, 9.17) is 0 Å². The Balaban J connectivity index is 1.76. The smallest absolute Gasteiger partial charge is 0.390 e. The van der Waals surface area contributed by atoms with Gasteiger partial charge in [0.15, 0.2) is 0 Å². The number of allylic oxidation sites excluding steroid dienone is 2. The molecule has 2 amide bonds. The lowest BCUT2D eigenvalue weighted by molar-refractivity contribution is -0.137. The summed E-state index contributed by atoms with van der Waals surface area (Å²) in [6.07, 6.45) is -0.733. The van der Waals surface area contributed by atoms with Crippen molar-refractivity contribution in [3.8, 4) is 0 Å². The number of β-amino-alcohol motifs (C(OH)–C–C–N with tert-alkyl or cyclic N) is 1. The van der Waals surface area contributed by atoms with Gasteiger partial charge in [0.25, 0.3) is 0 Å². The van der Waals surface area contributed by atoms with E-state index < -0.39 is 29.4 Å². The van der Waals surface area contributed by atoms with E-state index in [-0.39, 0.29) is 13.1 Å². The Kier molecular flexibility index (Phi) is 8.34. The van der Waals surface area contributed by atoms with Gasteiger partial charge in [-0.05, 0) is 37.1 Å². The lowest BCUT2D eigenvalue weighted by atomic mass is 9.89. The number of urea groups is 1. The quantitative estimate of drug-likeness (QED) is 0.464. The number of fused-ring (bicyclic) bond motifs is 1. The van der Waals surface area contributed by atoms with Crippen LogP contribution in [0.3, 0.4) is 0 Å². The Hall–Kier alpha value is -2.76. The molecule has 3 N–H and O–H groups in total. The number of nitrogens with zero attached hydrogens (tertiary/aromatic N) is 2. The number of benzene rings is 1. The van der Waals surface area contributed by atoms with Gasteiger partial charge in [-0.3, -0.25) is 0 Å². The number of aldehydes is 1. The Morgan fingerprint density at radius 2 is 1.94 bits per heavy atom. The molecule has 0 radical (unpaired) electrons. The maximum atomic E-state index is 13.4. The zero-order valence-corrected chi connectivity index (χ0v) is 20.2. The van der Waals surface area contributed by atoms with Crippen molar-refractivity contribution in [1.82, 2.24) is 15.5 Å². The van der Waals surface area contributed by atoms with Gasteiger partial charge in [0.1, 0.15) is 6.29 Å². The Morgan fingerprint density at radius 3 is 2.49 bits per heavy atom. The fourth-order valence-electron chi connectivity index (χ4n) is 4.24. The first-order valence-electron chi connectivity index (χ1n) is 11.1. The summed E-state index contributed by atoms with van der Waals surface area (Å²) in [6, 6.07) is 3.11. The summed E-state index contributed by atoms with van der Waals surface area (Å²) in [5.74, 6) is 0. The molecule has 1 aromatic carbocycles. The average molecular weight is 511 g/mol. The first-order chi connectivity index (χ1) is 16.6. The SMILES string of the molecule is C=CC1=C(C=C)N(CC(O)CN2CCC(C=O)(NC(=O)NC)CC2)c2cc(C(F)(F)F)ccc2S1. The third kappa shape index (κ3) is 6.09. The number of carbonyl (C=O) groups excluding carboxylic acids is 2. The third-order valence-corrected chi connectivity index (χ3v) is 7.31. The lowest BCUT2D eigenvalue weighted by Crippen LogP contribution is -2.58. The van der Waals surface area contributed by atoms with Crippen LogP contribution in [0.1, 0.15) is 18.4 Å². The van der Waals surface area contributed by atoms with Crippen LogP contribution in [0.2, 0.25) is 0 Å². The molecule has 1 fully saturated rings. The standard InChI is InChI=1S/C24H29F3N4O3S/c1-4-18-20(5-2)35-21-7-6-16(24(25,26)27)12-19(21)31(18)14-17(33)13-30-10-8-23(15-32,9-11-30)29-22(34)28-3/h4-7,12,15,17,33H,1-2,8-11,13-14H2,3H3,(H2,28,29,34). The number of likely N-dealkylation sites (tertiary alicyclic amines) is 1. The van der Waals surface area contributed by atoms with E-state index in [1.54, 1.807) is 17.1 Å². The number of halogens is 3. The second-order valence-electron chi connectivity index (χ2n) is 8.48. The number of aliphatic hydroxyl groups excluding tert-OH is 1. The van der Waals surface area contributed by atoms with Gasteiger partial charge in [0.05, 0.1) is 35.1 Å². The van der Waals surface area contributed by atoms with Gasteiger partial charge in [-0.15, -0.1) is 0 Å². The van der Waals surface area contributed by atoms with Crippen LogP contribution in [0.15, 0.2) is 59.0 Å². The third-order valence-electron chi connectivity index (χ3n) is 6.14. The highest BCUT2D eigenvalue weighted by molar-refractivity contribution is 8.03. The number of hydrogen-bond acceptors (Lipinski definition) is 6. The first kappa shape index (κ1) is 26.8. The van der Waals surface area contributed by atoms with Crippen molar-refractivity contribution in [2.75, 3.05) is 38.1 Å². The molecule has 1 aromatic rings. The van der Waals surface area contributed by atoms with E-state index in [1.807, 2.05) is 4.90 Å². The molecule has 1 unspecified atom stereocenters. The molecular weight excluding hydrogens is 481 g/mol. The molecule has 0 aliphatic carbocycles. The molecule has 0 bridgehead atoms. The Labute approximate surface area is 206 Å². The summed E-state index contributed by atoms with van der Waals surface area (Å²) in [4.78, 5) is 28.3. The minimum atomic E-state index is -4.50. The minimum Gasteiger partial charge on any atom is -0.390 e. The molecule has 2 aliphatic rings. The molecule has 2 heterocycles. The number of thioether (sulfide) groups is 1. The number of carbonyl (C=O) groups is 2. The molecule has 2 aliphatic heterocycles. The van der Waals surface area contributed by atoms with Crippen LogP contribution < -0.4 is 15.5 Å². The van der Waals surface area contributed by atoms with Crippen molar-refractivity contribution in [1.29, 1.82) is 0 Å². The highest BCUT2D eigenvalue weighted by Gasteiger charge is 2.37. The molecule has 3 rings (SSSR count). The van der Waals surface area contributed by atoms with Crippen molar-refractivity contribution >= 4 is 29.8 Å². The predicted octanol–water partition coefficient (Wildman–Crippen LogP) is 3.52. The monoisotopic (exact) mass is 510 g/mol. The van der Waals surface area contributed by atoms with Gasteiger partial charge >= 0.3 is 12.2 Å².